The van der Waals surface area contributed by atoms with Crippen LogP contribution < -0.4 is 10.5 Å². The lowest BCUT2D eigenvalue weighted by atomic mass is 9.94. The minimum Gasteiger partial charge on any atom is -0.493 e. The number of ether oxygens (including phenoxy) is 1. The summed E-state index contributed by atoms with van der Waals surface area (Å²) in [4.78, 5) is 0. The normalized spacial score (nSPS) is 15.3. The number of nitrogens with two attached hydrogens (primary N) is 1. The Morgan fingerprint density at radius 1 is 1.25 bits per heavy atom. The van der Waals surface area contributed by atoms with Crippen molar-refractivity contribution in [2.75, 3.05) is 6.61 Å². The summed E-state index contributed by atoms with van der Waals surface area (Å²) in [5.41, 5.74) is 9.14. The van der Waals surface area contributed by atoms with Crippen molar-refractivity contribution in [3.63, 3.8) is 0 Å². The molecule has 0 amide bonds. The smallest absolute Gasteiger partial charge is 0.137 e. The van der Waals surface area contributed by atoms with Gasteiger partial charge in [0.15, 0.2) is 0 Å². The summed E-state index contributed by atoms with van der Waals surface area (Å²) >= 11 is 3.15. The second-order valence-corrected chi connectivity index (χ2v) is 5.79. The van der Waals surface area contributed by atoms with E-state index in [1.54, 1.807) is 6.07 Å². The van der Waals surface area contributed by atoms with Crippen LogP contribution in [0.15, 0.2) is 40.9 Å². The first-order valence-electron chi connectivity index (χ1n) is 6.62. The molecule has 4 heteroatoms. The van der Waals surface area contributed by atoms with Crippen molar-refractivity contribution in [3.8, 4) is 5.75 Å². The molecule has 1 unspecified atom stereocenters. The molecule has 104 valence electrons. The highest BCUT2D eigenvalue weighted by Crippen LogP contribution is 2.35. The van der Waals surface area contributed by atoms with Crippen LogP contribution in [0.25, 0.3) is 0 Å². The lowest BCUT2D eigenvalue weighted by molar-refractivity contribution is 0.284. The highest BCUT2D eigenvalue weighted by atomic mass is 79.9. The van der Waals surface area contributed by atoms with E-state index in [-0.39, 0.29) is 11.9 Å². The molecule has 1 aliphatic heterocycles. The summed E-state index contributed by atoms with van der Waals surface area (Å²) in [6.45, 7) is 0.714. The maximum absolute atomic E-state index is 13.7. The van der Waals surface area contributed by atoms with Gasteiger partial charge < -0.3 is 10.5 Å². The van der Waals surface area contributed by atoms with Gasteiger partial charge in [0, 0.05) is 5.56 Å². The van der Waals surface area contributed by atoms with Crippen LogP contribution >= 0.6 is 15.9 Å². The molecule has 2 aromatic rings. The fraction of sp³-hybridized carbons (Fsp3) is 0.250. The SMILES string of the molecule is NC(c1ccc(Br)c(F)c1)c1cccc2c1OCCC2. The predicted molar refractivity (Wildman–Crippen MR) is 80.4 cm³/mol. The Bertz CT molecular complexity index is 644. The zero-order valence-corrected chi connectivity index (χ0v) is 12.5. The molecule has 2 nitrogen and oxygen atoms in total. The zero-order valence-electron chi connectivity index (χ0n) is 10.9. The van der Waals surface area contributed by atoms with Crippen molar-refractivity contribution in [2.45, 2.75) is 18.9 Å². The van der Waals surface area contributed by atoms with Crippen molar-refractivity contribution >= 4 is 15.9 Å². The van der Waals surface area contributed by atoms with E-state index in [1.165, 1.54) is 11.6 Å². The highest BCUT2D eigenvalue weighted by molar-refractivity contribution is 9.10. The third kappa shape index (κ3) is 2.45. The molecule has 0 fully saturated rings. The van der Waals surface area contributed by atoms with Gasteiger partial charge in [0.2, 0.25) is 0 Å². The summed E-state index contributed by atoms with van der Waals surface area (Å²) in [7, 11) is 0. The van der Waals surface area contributed by atoms with E-state index in [2.05, 4.69) is 22.0 Å². The van der Waals surface area contributed by atoms with Crippen molar-refractivity contribution in [1.29, 1.82) is 0 Å². The minimum absolute atomic E-state index is 0.302. The van der Waals surface area contributed by atoms with Crippen LogP contribution in [-0.4, -0.2) is 6.61 Å². The van der Waals surface area contributed by atoms with Crippen LogP contribution in [0.4, 0.5) is 4.39 Å². The van der Waals surface area contributed by atoms with Crippen LogP contribution in [0.5, 0.6) is 5.75 Å². The van der Waals surface area contributed by atoms with E-state index in [0.717, 1.165) is 29.7 Å². The van der Waals surface area contributed by atoms with Crippen LogP contribution in [0.3, 0.4) is 0 Å². The molecule has 0 aromatic heterocycles. The molecule has 1 heterocycles. The fourth-order valence-corrected chi connectivity index (χ4v) is 2.79. The molecular formula is C16H15BrFNO. The molecule has 2 N–H and O–H groups in total. The van der Waals surface area contributed by atoms with Crippen molar-refractivity contribution in [1.82, 2.24) is 0 Å². The van der Waals surface area contributed by atoms with E-state index >= 15 is 0 Å². The van der Waals surface area contributed by atoms with Crippen LogP contribution in [0.1, 0.15) is 29.2 Å². The first-order chi connectivity index (χ1) is 9.66. The summed E-state index contributed by atoms with van der Waals surface area (Å²) in [5.74, 6) is 0.568. The number of aryl methyl sites for hydroxylation is 1. The highest BCUT2D eigenvalue weighted by Gasteiger charge is 2.20. The largest absolute Gasteiger partial charge is 0.493 e. The molecule has 0 spiro atoms. The van der Waals surface area contributed by atoms with Gasteiger partial charge in [-0.25, -0.2) is 4.39 Å². The van der Waals surface area contributed by atoms with Gasteiger partial charge in [-0.3, -0.25) is 0 Å². The third-order valence-electron chi connectivity index (χ3n) is 3.60. The Morgan fingerprint density at radius 2 is 2.10 bits per heavy atom. The molecule has 3 rings (SSSR count). The van der Waals surface area contributed by atoms with Crippen molar-refractivity contribution < 1.29 is 9.13 Å². The second kappa shape index (κ2) is 5.54. The maximum Gasteiger partial charge on any atom is 0.137 e. The zero-order chi connectivity index (χ0) is 14.1. The lowest BCUT2D eigenvalue weighted by Gasteiger charge is -2.23. The number of hydrogen-bond acceptors (Lipinski definition) is 2. The maximum atomic E-state index is 13.7. The molecule has 20 heavy (non-hydrogen) atoms. The molecule has 1 atom stereocenters. The Hall–Kier alpha value is -1.39. The number of rotatable bonds is 2. The van der Waals surface area contributed by atoms with Gasteiger partial charge in [0.05, 0.1) is 17.1 Å². The van der Waals surface area contributed by atoms with E-state index in [4.69, 9.17) is 10.5 Å². The van der Waals surface area contributed by atoms with Crippen LogP contribution in [0, 0.1) is 5.82 Å². The standard InChI is InChI=1S/C16H15BrFNO/c17-13-7-6-11(9-14(13)18)15(19)12-5-1-3-10-4-2-8-20-16(10)12/h1,3,5-7,9,15H,2,4,8,19H2. The van der Waals surface area contributed by atoms with E-state index < -0.39 is 0 Å². The Labute approximate surface area is 125 Å². The Balaban J connectivity index is 2.02. The average Bonchev–Trinajstić information content (AvgIpc) is 2.49. The molecule has 0 aliphatic carbocycles. The summed E-state index contributed by atoms with van der Waals surface area (Å²) in [6, 6.07) is 10.6. The van der Waals surface area contributed by atoms with Crippen molar-refractivity contribution in [2.24, 2.45) is 5.73 Å². The topological polar surface area (TPSA) is 35.2 Å². The van der Waals surface area contributed by atoms with Crippen LogP contribution in [0.2, 0.25) is 0 Å². The minimum atomic E-state index is -0.384. The molecule has 0 saturated heterocycles. The Kier molecular flexibility index (Phi) is 3.76. The molecule has 2 aromatic carbocycles. The van der Waals surface area contributed by atoms with Crippen molar-refractivity contribution in [3.05, 3.63) is 63.4 Å². The summed E-state index contributed by atoms with van der Waals surface area (Å²) in [6.07, 6.45) is 2.03. The molecule has 0 bridgehead atoms. The lowest BCUT2D eigenvalue weighted by Crippen LogP contribution is -2.17. The number of para-hydroxylation sites is 1. The molecule has 1 aliphatic rings. The summed E-state index contributed by atoms with van der Waals surface area (Å²) in [5, 5.41) is 0. The van der Waals surface area contributed by atoms with Gasteiger partial charge in [-0.15, -0.1) is 0 Å². The average molecular weight is 336 g/mol. The van der Waals surface area contributed by atoms with Gasteiger partial charge in [-0.1, -0.05) is 24.3 Å². The van der Waals surface area contributed by atoms with Gasteiger partial charge in [-0.2, -0.15) is 0 Å². The quantitative estimate of drug-likeness (QED) is 0.901. The van der Waals surface area contributed by atoms with Gasteiger partial charge >= 0.3 is 0 Å². The third-order valence-corrected chi connectivity index (χ3v) is 4.24. The van der Waals surface area contributed by atoms with Gasteiger partial charge in [0.1, 0.15) is 11.6 Å². The van der Waals surface area contributed by atoms with Crippen LogP contribution in [-0.2, 0) is 6.42 Å². The van der Waals surface area contributed by atoms with E-state index in [1.807, 2.05) is 18.2 Å². The molecule has 0 radical (unpaired) electrons. The molecular weight excluding hydrogens is 321 g/mol. The Morgan fingerprint density at radius 3 is 2.90 bits per heavy atom. The first kappa shape index (κ1) is 13.6. The number of fused-ring (bicyclic) bond motifs is 1. The summed E-state index contributed by atoms with van der Waals surface area (Å²) < 4.78 is 19.9. The predicted octanol–water partition coefficient (Wildman–Crippen LogP) is 3.96. The fourth-order valence-electron chi connectivity index (χ4n) is 2.54. The first-order valence-corrected chi connectivity index (χ1v) is 7.41. The number of hydrogen-bond donors (Lipinski definition) is 1. The van der Waals surface area contributed by atoms with Gasteiger partial charge in [0.25, 0.3) is 0 Å². The monoisotopic (exact) mass is 335 g/mol. The second-order valence-electron chi connectivity index (χ2n) is 4.94. The van der Waals surface area contributed by atoms with E-state index in [9.17, 15) is 4.39 Å². The number of benzene rings is 2. The van der Waals surface area contributed by atoms with E-state index in [0.29, 0.717) is 11.1 Å². The van der Waals surface area contributed by atoms with Gasteiger partial charge in [-0.05, 0) is 52.0 Å². The number of halogens is 2. The molecule has 0 saturated carbocycles.